The lowest BCUT2D eigenvalue weighted by molar-refractivity contribution is -0.197. The number of hydrogen-bond donors (Lipinski definition) is 1. The van der Waals surface area contributed by atoms with Crippen molar-refractivity contribution in [1.82, 2.24) is 5.06 Å². The maximum Gasteiger partial charge on any atom is 0.505 e. The van der Waals surface area contributed by atoms with Crippen LogP contribution in [0.25, 0.3) is 0 Å². The molecule has 1 fully saturated rings. The van der Waals surface area contributed by atoms with Gasteiger partial charge in [-0.1, -0.05) is 32.1 Å². The van der Waals surface area contributed by atoms with Gasteiger partial charge in [0, 0.05) is 19.3 Å². The summed E-state index contributed by atoms with van der Waals surface area (Å²) in [5.41, 5.74) is 0. The fourth-order valence-corrected chi connectivity index (χ4v) is 2.22. The number of carbonyl (C=O) groups is 4. The maximum atomic E-state index is 11.5. The van der Waals surface area contributed by atoms with Crippen molar-refractivity contribution < 1.29 is 33.9 Å². The number of rotatable bonds is 11. The van der Waals surface area contributed by atoms with E-state index in [1.165, 1.54) is 0 Å². The molecule has 1 rings (SSSR count). The highest BCUT2D eigenvalue weighted by molar-refractivity contribution is 6.01. The van der Waals surface area contributed by atoms with Crippen LogP contribution in [0.15, 0.2) is 0 Å². The molecule has 23 heavy (non-hydrogen) atoms. The lowest BCUT2D eigenvalue weighted by Crippen LogP contribution is -2.31. The van der Waals surface area contributed by atoms with Crippen molar-refractivity contribution in [3.05, 3.63) is 0 Å². The molecule has 1 heterocycles. The molecule has 8 nitrogen and oxygen atoms in total. The standard InChI is InChI=1S/C15H23NO7/c17-12-9-10-13(18)16(12)23-14(19)8-6-4-2-1-3-5-7-11-22-15(20)21/h1-11H2,(H,20,21). The number of carboxylic acid groups (broad SMARTS) is 1. The number of hydroxylamine groups is 2. The van der Waals surface area contributed by atoms with Crippen LogP contribution < -0.4 is 0 Å². The normalized spacial score (nSPS) is 14.2. The average molecular weight is 329 g/mol. The largest absolute Gasteiger partial charge is 0.505 e. The highest BCUT2D eigenvalue weighted by Gasteiger charge is 2.32. The van der Waals surface area contributed by atoms with E-state index >= 15 is 0 Å². The Morgan fingerprint density at radius 1 is 0.913 bits per heavy atom. The van der Waals surface area contributed by atoms with Gasteiger partial charge in [-0.2, -0.15) is 0 Å². The van der Waals surface area contributed by atoms with Crippen LogP contribution in [0, 0.1) is 0 Å². The summed E-state index contributed by atoms with van der Waals surface area (Å²) in [6.07, 6.45) is 5.25. The minimum atomic E-state index is -1.24. The second-order valence-corrected chi connectivity index (χ2v) is 5.38. The Labute approximate surface area is 134 Å². The molecule has 0 unspecified atom stereocenters. The van der Waals surface area contributed by atoms with Crippen LogP contribution in [0.1, 0.15) is 64.2 Å². The molecule has 0 aromatic carbocycles. The Hall–Kier alpha value is -2.12. The Morgan fingerprint density at radius 2 is 1.43 bits per heavy atom. The van der Waals surface area contributed by atoms with Crippen LogP contribution in [0.3, 0.4) is 0 Å². The van der Waals surface area contributed by atoms with E-state index in [1.807, 2.05) is 0 Å². The Balaban J connectivity index is 1.92. The van der Waals surface area contributed by atoms with Gasteiger partial charge >= 0.3 is 12.1 Å². The lowest BCUT2D eigenvalue weighted by atomic mass is 10.1. The summed E-state index contributed by atoms with van der Waals surface area (Å²) in [7, 11) is 0. The summed E-state index contributed by atoms with van der Waals surface area (Å²) in [5.74, 6) is -1.48. The van der Waals surface area contributed by atoms with Crippen LogP contribution in [-0.2, 0) is 24.0 Å². The maximum absolute atomic E-state index is 11.5. The molecule has 2 amide bonds. The van der Waals surface area contributed by atoms with Gasteiger partial charge in [0.1, 0.15) is 0 Å². The molecule has 0 radical (unpaired) electrons. The first-order valence-electron chi connectivity index (χ1n) is 7.93. The number of imide groups is 1. The molecule has 0 saturated carbocycles. The third kappa shape index (κ3) is 8.18. The predicted octanol–water partition coefficient (Wildman–Crippen LogP) is 2.41. The van der Waals surface area contributed by atoms with Gasteiger partial charge in [0.15, 0.2) is 0 Å². The SMILES string of the molecule is O=C(O)OCCCCCCCCCC(=O)ON1C(=O)CCC1=O. The second-order valence-electron chi connectivity index (χ2n) is 5.38. The smallest absolute Gasteiger partial charge is 0.450 e. The van der Waals surface area contributed by atoms with Crippen LogP contribution in [0.5, 0.6) is 0 Å². The molecule has 0 aromatic rings. The van der Waals surface area contributed by atoms with Gasteiger partial charge in [0.2, 0.25) is 0 Å². The Bertz CT molecular complexity index is 420. The first-order chi connectivity index (χ1) is 11.0. The van der Waals surface area contributed by atoms with Gasteiger partial charge in [0.25, 0.3) is 11.8 Å². The zero-order valence-electron chi connectivity index (χ0n) is 13.1. The summed E-state index contributed by atoms with van der Waals surface area (Å²) < 4.78 is 4.40. The molecule has 1 aliphatic rings. The second kappa shape index (κ2) is 10.6. The van der Waals surface area contributed by atoms with Crippen LogP contribution in [-0.4, -0.2) is 40.7 Å². The summed E-state index contributed by atoms with van der Waals surface area (Å²) in [5, 5.41) is 8.85. The summed E-state index contributed by atoms with van der Waals surface area (Å²) in [6.45, 7) is 0.231. The molecular weight excluding hydrogens is 306 g/mol. The van der Waals surface area contributed by atoms with Crippen molar-refractivity contribution in [1.29, 1.82) is 0 Å². The minimum absolute atomic E-state index is 0.101. The van der Waals surface area contributed by atoms with E-state index in [0.29, 0.717) is 11.5 Å². The molecule has 1 N–H and O–H groups in total. The van der Waals surface area contributed by atoms with Crippen molar-refractivity contribution in [2.24, 2.45) is 0 Å². The minimum Gasteiger partial charge on any atom is -0.450 e. The fraction of sp³-hybridized carbons (Fsp3) is 0.733. The van der Waals surface area contributed by atoms with Gasteiger partial charge < -0.3 is 14.7 Å². The molecule has 1 saturated heterocycles. The van der Waals surface area contributed by atoms with Crippen molar-refractivity contribution in [2.75, 3.05) is 6.61 Å². The van der Waals surface area contributed by atoms with E-state index in [-0.39, 0.29) is 25.9 Å². The van der Waals surface area contributed by atoms with Gasteiger partial charge in [-0.05, 0) is 12.8 Å². The molecule has 0 spiro atoms. The summed E-state index contributed by atoms with van der Waals surface area (Å²) >= 11 is 0. The highest BCUT2D eigenvalue weighted by Crippen LogP contribution is 2.14. The Morgan fingerprint density at radius 3 is 2.00 bits per heavy atom. The zero-order chi connectivity index (χ0) is 17.1. The number of carbonyl (C=O) groups excluding carboxylic acids is 3. The van der Waals surface area contributed by atoms with Gasteiger partial charge in [-0.15, -0.1) is 5.06 Å². The number of hydrogen-bond acceptors (Lipinski definition) is 6. The van der Waals surface area contributed by atoms with Crippen molar-refractivity contribution >= 4 is 23.9 Å². The van der Waals surface area contributed by atoms with Crippen molar-refractivity contribution in [3.8, 4) is 0 Å². The van der Waals surface area contributed by atoms with Crippen molar-refractivity contribution in [2.45, 2.75) is 64.2 Å². The third-order valence-corrected chi connectivity index (χ3v) is 3.45. The van der Waals surface area contributed by atoms with Gasteiger partial charge in [0.05, 0.1) is 6.61 Å². The molecule has 8 heteroatoms. The van der Waals surface area contributed by atoms with Crippen LogP contribution in [0.2, 0.25) is 0 Å². The molecule has 130 valence electrons. The number of nitrogens with zero attached hydrogens (tertiary/aromatic N) is 1. The molecule has 0 bridgehead atoms. The molecule has 0 aromatic heterocycles. The van der Waals surface area contributed by atoms with E-state index in [0.717, 1.165) is 38.5 Å². The first-order valence-corrected chi connectivity index (χ1v) is 7.93. The van der Waals surface area contributed by atoms with Gasteiger partial charge in [-0.3, -0.25) is 9.59 Å². The predicted molar refractivity (Wildman–Crippen MR) is 78.1 cm³/mol. The highest BCUT2D eigenvalue weighted by atomic mass is 16.7. The van der Waals surface area contributed by atoms with Crippen LogP contribution >= 0.6 is 0 Å². The topological polar surface area (TPSA) is 110 Å². The van der Waals surface area contributed by atoms with E-state index < -0.39 is 23.9 Å². The van der Waals surface area contributed by atoms with E-state index in [1.54, 1.807) is 0 Å². The number of amides is 2. The first kappa shape index (κ1) is 18.9. The Kier molecular flexibility index (Phi) is 8.71. The molecule has 0 atom stereocenters. The molecule has 1 aliphatic heterocycles. The lowest BCUT2D eigenvalue weighted by Gasteiger charge is -2.12. The quantitative estimate of drug-likeness (QED) is 0.352. The average Bonchev–Trinajstić information content (AvgIpc) is 2.80. The van der Waals surface area contributed by atoms with E-state index in [2.05, 4.69) is 4.74 Å². The van der Waals surface area contributed by atoms with Gasteiger partial charge in [-0.25, -0.2) is 9.59 Å². The summed E-state index contributed by atoms with van der Waals surface area (Å²) in [6, 6.07) is 0. The summed E-state index contributed by atoms with van der Waals surface area (Å²) in [4.78, 5) is 48.9. The fourth-order valence-electron chi connectivity index (χ4n) is 2.22. The molecular formula is C15H23NO7. The van der Waals surface area contributed by atoms with Crippen LogP contribution in [0.4, 0.5) is 4.79 Å². The van der Waals surface area contributed by atoms with Crippen molar-refractivity contribution in [3.63, 3.8) is 0 Å². The monoisotopic (exact) mass is 329 g/mol. The van der Waals surface area contributed by atoms with E-state index in [9.17, 15) is 19.2 Å². The molecule has 0 aliphatic carbocycles. The van der Waals surface area contributed by atoms with E-state index in [4.69, 9.17) is 9.94 Å². The third-order valence-electron chi connectivity index (χ3n) is 3.45. The zero-order valence-corrected chi connectivity index (χ0v) is 13.1. The number of unbranched alkanes of at least 4 members (excludes halogenated alkanes) is 6. The number of ether oxygens (including phenoxy) is 1.